The van der Waals surface area contributed by atoms with Crippen molar-refractivity contribution in [2.45, 2.75) is 38.9 Å². The SMILES string of the molecule is C[C@@H]1CC(C)(C)OB(c2cccc(C#N)c2)O1. The van der Waals surface area contributed by atoms with Gasteiger partial charge in [0.05, 0.1) is 17.2 Å². The second kappa shape index (κ2) is 4.52. The van der Waals surface area contributed by atoms with Gasteiger partial charge in [-0.2, -0.15) is 5.26 Å². The molecule has 0 spiro atoms. The van der Waals surface area contributed by atoms with E-state index >= 15 is 0 Å². The Morgan fingerprint density at radius 1 is 1.47 bits per heavy atom. The van der Waals surface area contributed by atoms with Crippen LogP contribution in [0.4, 0.5) is 0 Å². The van der Waals surface area contributed by atoms with Crippen LogP contribution in [0.5, 0.6) is 0 Å². The molecule has 3 nitrogen and oxygen atoms in total. The van der Waals surface area contributed by atoms with E-state index in [0.29, 0.717) is 5.56 Å². The molecule has 1 atom stereocenters. The minimum atomic E-state index is -0.373. The predicted molar refractivity (Wildman–Crippen MR) is 66.9 cm³/mol. The van der Waals surface area contributed by atoms with Gasteiger partial charge in [-0.1, -0.05) is 12.1 Å². The van der Waals surface area contributed by atoms with Gasteiger partial charge in [-0.25, -0.2) is 0 Å². The molecular weight excluding hydrogens is 213 g/mol. The summed E-state index contributed by atoms with van der Waals surface area (Å²) < 4.78 is 11.7. The fourth-order valence-corrected chi connectivity index (χ4v) is 2.22. The van der Waals surface area contributed by atoms with Crippen LogP contribution in [0.25, 0.3) is 0 Å². The molecule has 0 N–H and O–H groups in total. The lowest BCUT2D eigenvalue weighted by Crippen LogP contribution is -2.51. The van der Waals surface area contributed by atoms with Crippen LogP contribution in [0, 0.1) is 11.3 Å². The third kappa shape index (κ3) is 2.88. The normalized spacial score (nSPS) is 23.2. The van der Waals surface area contributed by atoms with E-state index in [1.807, 2.05) is 25.1 Å². The highest BCUT2D eigenvalue weighted by atomic mass is 16.6. The molecule has 1 fully saturated rings. The van der Waals surface area contributed by atoms with E-state index in [1.54, 1.807) is 6.07 Å². The summed E-state index contributed by atoms with van der Waals surface area (Å²) in [6, 6.07) is 9.51. The van der Waals surface area contributed by atoms with Crippen molar-refractivity contribution >= 4 is 12.6 Å². The topological polar surface area (TPSA) is 42.2 Å². The minimum Gasteiger partial charge on any atom is -0.405 e. The first-order valence-electron chi connectivity index (χ1n) is 5.83. The monoisotopic (exact) mass is 229 g/mol. The molecule has 0 saturated carbocycles. The van der Waals surface area contributed by atoms with Crippen LogP contribution in [0.15, 0.2) is 24.3 Å². The first-order chi connectivity index (χ1) is 8.00. The molecule has 0 amide bonds. The maximum Gasteiger partial charge on any atom is 0.494 e. The average Bonchev–Trinajstić information content (AvgIpc) is 2.26. The predicted octanol–water partition coefficient (Wildman–Crippen LogP) is 1.86. The second-order valence-corrected chi connectivity index (χ2v) is 5.10. The number of nitrogens with zero attached hydrogens (tertiary/aromatic N) is 1. The summed E-state index contributed by atoms with van der Waals surface area (Å²) in [5.41, 5.74) is 1.35. The molecule has 2 rings (SSSR count). The van der Waals surface area contributed by atoms with Crippen molar-refractivity contribution in [2.24, 2.45) is 0 Å². The van der Waals surface area contributed by atoms with Gasteiger partial charge in [0.25, 0.3) is 0 Å². The Morgan fingerprint density at radius 2 is 2.24 bits per heavy atom. The zero-order valence-electron chi connectivity index (χ0n) is 10.4. The summed E-state index contributed by atoms with van der Waals surface area (Å²) in [6.45, 7) is 6.17. The van der Waals surface area contributed by atoms with Crippen molar-refractivity contribution < 1.29 is 9.31 Å². The smallest absolute Gasteiger partial charge is 0.405 e. The van der Waals surface area contributed by atoms with Crippen molar-refractivity contribution in [3.8, 4) is 6.07 Å². The van der Waals surface area contributed by atoms with Gasteiger partial charge in [0.1, 0.15) is 0 Å². The summed E-state index contributed by atoms with van der Waals surface area (Å²) in [5.74, 6) is 0. The fraction of sp³-hybridized carbons (Fsp3) is 0.462. The Kier molecular flexibility index (Phi) is 3.23. The Bertz CT molecular complexity index is 453. The molecule has 0 radical (unpaired) electrons. The number of rotatable bonds is 1. The molecule has 1 aromatic carbocycles. The van der Waals surface area contributed by atoms with Gasteiger partial charge in [-0.15, -0.1) is 0 Å². The van der Waals surface area contributed by atoms with E-state index < -0.39 is 0 Å². The van der Waals surface area contributed by atoms with Crippen molar-refractivity contribution in [2.75, 3.05) is 0 Å². The van der Waals surface area contributed by atoms with Crippen LogP contribution >= 0.6 is 0 Å². The second-order valence-electron chi connectivity index (χ2n) is 5.10. The molecule has 1 aliphatic heterocycles. The Balaban J connectivity index is 2.24. The largest absolute Gasteiger partial charge is 0.494 e. The highest BCUT2D eigenvalue weighted by Crippen LogP contribution is 2.25. The van der Waals surface area contributed by atoms with E-state index in [4.69, 9.17) is 14.6 Å². The molecule has 0 aliphatic carbocycles. The molecule has 88 valence electrons. The Labute approximate surface area is 102 Å². The molecule has 1 heterocycles. The average molecular weight is 229 g/mol. The summed E-state index contributed by atoms with van der Waals surface area (Å²) in [6.07, 6.45) is 1.04. The van der Waals surface area contributed by atoms with Gasteiger partial charge in [-0.3, -0.25) is 0 Å². The van der Waals surface area contributed by atoms with Crippen molar-refractivity contribution in [1.29, 1.82) is 5.26 Å². The molecule has 1 aromatic rings. The number of hydrogen-bond acceptors (Lipinski definition) is 3. The highest BCUT2D eigenvalue weighted by molar-refractivity contribution is 6.61. The molecular formula is C13H16BNO2. The van der Waals surface area contributed by atoms with Gasteiger partial charge in [-0.05, 0) is 44.8 Å². The maximum absolute atomic E-state index is 8.88. The molecule has 17 heavy (non-hydrogen) atoms. The first kappa shape index (κ1) is 12.2. The lowest BCUT2D eigenvalue weighted by molar-refractivity contribution is -0.0229. The van der Waals surface area contributed by atoms with Crippen molar-refractivity contribution in [3.05, 3.63) is 29.8 Å². The van der Waals surface area contributed by atoms with E-state index in [1.165, 1.54) is 0 Å². The van der Waals surface area contributed by atoms with Crippen LogP contribution < -0.4 is 5.46 Å². The van der Waals surface area contributed by atoms with Crippen LogP contribution in [-0.2, 0) is 9.31 Å². The molecule has 4 heteroatoms. The van der Waals surface area contributed by atoms with Crippen LogP contribution in [-0.4, -0.2) is 18.8 Å². The molecule has 0 aromatic heterocycles. The molecule has 1 aliphatic rings. The summed E-state index contributed by atoms with van der Waals surface area (Å²) in [7, 11) is -0.373. The number of benzene rings is 1. The van der Waals surface area contributed by atoms with Crippen molar-refractivity contribution in [1.82, 2.24) is 0 Å². The van der Waals surface area contributed by atoms with Gasteiger partial charge in [0.15, 0.2) is 0 Å². The standard InChI is InChI=1S/C13H16BNO2/c1-10-8-13(2,3)17-14(16-10)12-6-4-5-11(7-12)9-15/h4-7,10H,8H2,1-3H3/t10-/m1/s1. The molecule has 0 unspecified atom stereocenters. The van der Waals surface area contributed by atoms with Crippen LogP contribution in [0.1, 0.15) is 32.8 Å². The fourth-order valence-electron chi connectivity index (χ4n) is 2.22. The summed E-state index contributed by atoms with van der Waals surface area (Å²) >= 11 is 0. The maximum atomic E-state index is 8.88. The lowest BCUT2D eigenvalue weighted by Gasteiger charge is -2.38. The highest BCUT2D eigenvalue weighted by Gasteiger charge is 2.38. The van der Waals surface area contributed by atoms with Gasteiger partial charge >= 0.3 is 7.12 Å². The van der Waals surface area contributed by atoms with Gasteiger partial charge in [0.2, 0.25) is 0 Å². The summed E-state index contributed by atoms with van der Waals surface area (Å²) in [5, 5.41) is 8.88. The minimum absolute atomic E-state index is 0.162. The zero-order chi connectivity index (χ0) is 12.5. The van der Waals surface area contributed by atoms with E-state index in [0.717, 1.165) is 11.9 Å². The van der Waals surface area contributed by atoms with Gasteiger partial charge in [0, 0.05) is 6.10 Å². The number of nitriles is 1. The van der Waals surface area contributed by atoms with E-state index in [2.05, 4.69) is 19.9 Å². The zero-order valence-corrected chi connectivity index (χ0v) is 10.4. The number of hydrogen-bond donors (Lipinski definition) is 0. The molecule has 0 bridgehead atoms. The summed E-state index contributed by atoms with van der Waals surface area (Å²) in [4.78, 5) is 0. The van der Waals surface area contributed by atoms with Crippen LogP contribution in [0.2, 0.25) is 0 Å². The third-order valence-corrected chi connectivity index (χ3v) is 2.85. The quantitative estimate of drug-likeness (QED) is 0.690. The van der Waals surface area contributed by atoms with Crippen LogP contribution in [0.3, 0.4) is 0 Å². The van der Waals surface area contributed by atoms with E-state index in [-0.39, 0.29) is 18.8 Å². The Morgan fingerprint density at radius 3 is 2.88 bits per heavy atom. The lowest BCUT2D eigenvalue weighted by atomic mass is 9.74. The van der Waals surface area contributed by atoms with Crippen molar-refractivity contribution in [3.63, 3.8) is 0 Å². The Hall–Kier alpha value is -1.31. The third-order valence-electron chi connectivity index (χ3n) is 2.85. The first-order valence-corrected chi connectivity index (χ1v) is 5.83. The van der Waals surface area contributed by atoms with Gasteiger partial charge < -0.3 is 9.31 Å². The molecule has 1 saturated heterocycles. The van der Waals surface area contributed by atoms with E-state index in [9.17, 15) is 0 Å².